The molecule has 2 aliphatic heterocycles. The Bertz CT molecular complexity index is 1530. The van der Waals surface area contributed by atoms with Crippen LogP contribution >= 0.6 is 0 Å². The molecule has 3 amide bonds. The molecule has 45 heavy (non-hydrogen) atoms. The fourth-order valence-corrected chi connectivity index (χ4v) is 5.26. The summed E-state index contributed by atoms with van der Waals surface area (Å²) >= 11 is 0. The minimum absolute atomic E-state index is 0.115. The van der Waals surface area contributed by atoms with Crippen molar-refractivity contribution in [2.24, 2.45) is 0 Å². The minimum Gasteiger partial charge on any atom is -0.497 e. The molecule has 2 heterocycles. The minimum atomic E-state index is -0.644. The van der Waals surface area contributed by atoms with Gasteiger partial charge in [0.05, 0.1) is 20.3 Å². The molecule has 0 aliphatic carbocycles. The summed E-state index contributed by atoms with van der Waals surface area (Å²) in [5.41, 5.74) is 1.35. The molecule has 2 N–H and O–H groups in total. The first-order valence-electron chi connectivity index (χ1n) is 14.7. The van der Waals surface area contributed by atoms with Crippen LogP contribution in [0.25, 0.3) is 0 Å². The van der Waals surface area contributed by atoms with Gasteiger partial charge in [0.15, 0.2) is 24.7 Å². The smallest absolute Gasteiger partial charge is 0.260 e. The maximum Gasteiger partial charge on any atom is 0.260 e. The van der Waals surface area contributed by atoms with E-state index in [1.807, 2.05) is 6.07 Å². The lowest BCUT2D eigenvalue weighted by molar-refractivity contribution is -0.137. The zero-order valence-corrected chi connectivity index (χ0v) is 25.2. The van der Waals surface area contributed by atoms with Crippen molar-refractivity contribution in [2.75, 3.05) is 40.5 Å². The number of amides is 3. The number of fused-ring (bicyclic) bond motifs is 5. The number of benzene rings is 3. The van der Waals surface area contributed by atoms with Crippen molar-refractivity contribution in [3.05, 3.63) is 77.6 Å². The van der Waals surface area contributed by atoms with E-state index in [-0.39, 0.29) is 50.3 Å². The van der Waals surface area contributed by atoms with Gasteiger partial charge in [0.1, 0.15) is 29.2 Å². The highest BCUT2D eigenvalue weighted by Crippen LogP contribution is 2.29. The van der Waals surface area contributed by atoms with Gasteiger partial charge in [-0.2, -0.15) is 0 Å². The largest absolute Gasteiger partial charge is 0.497 e. The highest BCUT2D eigenvalue weighted by Gasteiger charge is 2.34. The van der Waals surface area contributed by atoms with Crippen molar-refractivity contribution in [2.45, 2.75) is 38.0 Å². The van der Waals surface area contributed by atoms with Gasteiger partial charge in [-0.15, -0.1) is 0 Å². The van der Waals surface area contributed by atoms with E-state index in [4.69, 9.17) is 23.7 Å². The van der Waals surface area contributed by atoms with Gasteiger partial charge >= 0.3 is 0 Å². The van der Waals surface area contributed by atoms with Gasteiger partial charge in [0.25, 0.3) is 11.8 Å². The second-order valence-electron chi connectivity index (χ2n) is 10.8. The van der Waals surface area contributed by atoms with Crippen molar-refractivity contribution in [3.8, 4) is 28.7 Å². The number of hydrogen-bond donors (Lipinski definition) is 2. The maximum atomic E-state index is 14.6. The summed E-state index contributed by atoms with van der Waals surface area (Å²) in [5.74, 6) is 0.711. The van der Waals surface area contributed by atoms with Gasteiger partial charge in [-0.05, 0) is 53.9 Å². The highest BCUT2D eigenvalue weighted by atomic mass is 19.1. The van der Waals surface area contributed by atoms with Gasteiger partial charge < -0.3 is 39.2 Å². The van der Waals surface area contributed by atoms with Crippen LogP contribution < -0.4 is 34.3 Å². The lowest BCUT2D eigenvalue weighted by atomic mass is 10.0. The summed E-state index contributed by atoms with van der Waals surface area (Å²) in [5, 5.41) is 5.77. The van der Waals surface area contributed by atoms with Crippen LogP contribution in [0, 0.1) is 5.82 Å². The molecule has 3 aromatic carbocycles. The first-order chi connectivity index (χ1) is 21.8. The highest BCUT2D eigenvalue weighted by molar-refractivity contribution is 5.80. The number of aryl methyl sites for hydroxylation is 1. The topological polar surface area (TPSA) is 125 Å². The van der Waals surface area contributed by atoms with E-state index in [1.54, 1.807) is 54.5 Å². The summed E-state index contributed by atoms with van der Waals surface area (Å²) in [4.78, 5) is 40.5. The number of methoxy groups -OCH3 is 2. The number of hydrogen-bond acceptors (Lipinski definition) is 8. The molecule has 0 radical (unpaired) electrons. The Kier molecular flexibility index (Phi) is 10.2. The quantitative estimate of drug-likeness (QED) is 0.446. The number of nitrogens with one attached hydrogen (secondary N) is 2. The lowest BCUT2D eigenvalue weighted by Gasteiger charge is -2.38. The summed E-state index contributed by atoms with van der Waals surface area (Å²) in [7, 11) is 3.04. The van der Waals surface area contributed by atoms with Crippen molar-refractivity contribution in [3.63, 3.8) is 0 Å². The van der Waals surface area contributed by atoms with Gasteiger partial charge in [0.2, 0.25) is 5.91 Å². The molecule has 0 unspecified atom stereocenters. The lowest BCUT2D eigenvalue weighted by Crippen LogP contribution is -2.59. The summed E-state index contributed by atoms with van der Waals surface area (Å²) in [6.45, 7) is 0.0340. The predicted octanol–water partition coefficient (Wildman–Crippen LogP) is 3.03. The Morgan fingerprint density at radius 3 is 2.64 bits per heavy atom. The SMILES string of the molecule is COc1cccc(OCC(=O)N2CC[C@H]3Oc4cc(F)cc(c4)CNC(=O)CCc4ccc(OC)c(c4)OCC(=O)N[C@@H]3C2)c1. The molecule has 0 aromatic heterocycles. The van der Waals surface area contributed by atoms with Gasteiger partial charge in [-0.1, -0.05) is 12.1 Å². The molecule has 4 bridgehead atoms. The van der Waals surface area contributed by atoms with Crippen molar-refractivity contribution in [1.29, 1.82) is 0 Å². The number of halogens is 1. The van der Waals surface area contributed by atoms with Crippen LogP contribution in [0.4, 0.5) is 4.39 Å². The third-order valence-corrected chi connectivity index (χ3v) is 7.59. The Balaban J connectivity index is 1.35. The number of ether oxygens (including phenoxy) is 5. The number of carbonyl (C=O) groups is 3. The van der Waals surface area contributed by atoms with Crippen molar-refractivity contribution < 1.29 is 42.5 Å². The van der Waals surface area contributed by atoms with E-state index in [0.29, 0.717) is 47.9 Å². The monoisotopic (exact) mass is 621 g/mol. The van der Waals surface area contributed by atoms with Crippen LogP contribution in [0.2, 0.25) is 0 Å². The van der Waals surface area contributed by atoms with E-state index in [9.17, 15) is 18.8 Å². The molecule has 11 nitrogen and oxygen atoms in total. The Labute approximate surface area is 260 Å². The summed E-state index contributed by atoms with van der Waals surface area (Å²) < 4.78 is 42.9. The van der Waals surface area contributed by atoms with Crippen molar-refractivity contribution >= 4 is 17.7 Å². The first-order valence-corrected chi connectivity index (χ1v) is 14.7. The third-order valence-electron chi connectivity index (χ3n) is 7.59. The predicted molar refractivity (Wildman–Crippen MR) is 161 cm³/mol. The van der Waals surface area contributed by atoms with E-state index in [2.05, 4.69) is 10.6 Å². The standard InChI is InChI=1S/C33H36FN3O8/c1-41-24-4-3-5-25(16-24)43-20-33(40)37-11-10-28-27(18-37)36-32(39)19-44-30-14-21(6-8-29(30)42-2)7-9-31(38)35-17-22-12-23(34)15-26(13-22)45-28/h3-6,8,12-16,27-28H,7,9-11,17-20H2,1-2H3,(H,35,38)(H,36,39)/t27-,28-/m1/s1. The molecule has 3 aromatic rings. The molecule has 238 valence electrons. The normalized spacial score (nSPS) is 18.9. The van der Waals surface area contributed by atoms with E-state index in [1.165, 1.54) is 19.2 Å². The maximum absolute atomic E-state index is 14.6. The second kappa shape index (κ2) is 14.7. The van der Waals surface area contributed by atoms with Crippen LogP contribution in [0.15, 0.2) is 60.7 Å². The van der Waals surface area contributed by atoms with E-state index >= 15 is 0 Å². The molecule has 2 atom stereocenters. The van der Waals surface area contributed by atoms with Crippen LogP contribution in [0.5, 0.6) is 28.7 Å². The van der Waals surface area contributed by atoms with Gasteiger partial charge in [0, 0.05) is 44.6 Å². The summed E-state index contributed by atoms with van der Waals surface area (Å²) in [6, 6.07) is 15.8. The molecule has 2 aliphatic rings. The molecule has 0 saturated carbocycles. The zero-order chi connectivity index (χ0) is 31.8. The second-order valence-corrected chi connectivity index (χ2v) is 10.8. The first kappa shape index (κ1) is 31.4. The zero-order valence-electron chi connectivity index (χ0n) is 25.2. The summed E-state index contributed by atoms with van der Waals surface area (Å²) in [6.07, 6.45) is 0.396. The molecular weight excluding hydrogens is 585 g/mol. The molecule has 12 heteroatoms. The molecule has 0 spiro atoms. The number of rotatable bonds is 5. The van der Waals surface area contributed by atoms with E-state index in [0.717, 1.165) is 5.56 Å². The fraction of sp³-hybridized carbons (Fsp3) is 0.364. The Morgan fingerprint density at radius 2 is 1.82 bits per heavy atom. The van der Waals surface area contributed by atoms with Crippen LogP contribution in [0.3, 0.4) is 0 Å². The van der Waals surface area contributed by atoms with Gasteiger partial charge in [-0.25, -0.2) is 4.39 Å². The molecule has 5 rings (SSSR count). The number of carbonyl (C=O) groups excluding carboxylic acids is 3. The number of piperidine rings is 1. The molecule has 1 saturated heterocycles. The van der Waals surface area contributed by atoms with Crippen LogP contribution in [-0.2, 0) is 27.3 Å². The number of likely N-dealkylation sites (tertiary alicyclic amines) is 1. The Hall–Kier alpha value is -5.00. The van der Waals surface area contributed by atoms with Crippen LogP contribution in [-0.4, -0.2) is 75.3 Å². The third kappa shape index (κ3) is 8.55. The van der Waals surface area contributed by atoms with Crippen LogP contribution in [0.1, 0.15) is 24.0 Å². The van der Waals surface area contributed by atoms with Crippen molar-refractivity contribution in [1.82, 2.24) is 15.5 Å². The fourth-order valence-electron chi connectivity index (χ4n) is 5.26. The van der Waals surface area contributed by atoms with Gasteiger partial charge in [-0.3, -0.25) is 14.4 Å². The van der Waals surface area contributed by atoms with E-state index < -0.39 is 23.9 Å². The molecular formula is C33H36FN3O8. The average molecular weight is 622 g/mol. The Morgan fingerprint density at radius 1 is 0.978 bits per heavy atom. The number of nitrogens with zero attached hydrogens (tertiary/aromatic N) is 1. The molecule has 1 fully saturated rings. The average Bonchev–Trinajstić information content (AvgIpc) is 3.04.